The Balaban J connectivity index is 1.17. The van der Waals surface area contributed by atoms with Gasteiger partial charge in [0, 0.05) is 53.8 Å². The van der Waals surface area contributed by atoms with Gasteiger partial charge in [0.1, 0.15) is 21.9 Å². The van der Waals surface area contributed by atoms with E-state index in [1.807, 2.05) is 12.1 Å². The van der Waals surface area contributed by atoms with Gasteiger partial charge in [-0.2, -0.15) is 0 Å². The molecule has 49 heavy (non-hydrogen) atoms. The lowest BCUT2D eigenvalue weighted by Gasteiger charge is -2.12. The molecule has 11 rings (SSSR count). The van der Waals surface area contributed by atoms with Crippen LogP contribution in [0, 0.1) is 0 Å². The van der Waals surface area contributed by atoms with Crippen LogP contribution in [-0.2, 0) is 0 Å². The predicted molar refractivity (Wildman–Crippen MR) is 205 cm³/mol. The number of fused-ring (bicyclic) bond motifs is 13. The number of thiophene rings is 1. The van der Waals surface area contributed by atoms with Crippen LogP contribution in [0.25, 0.3) is 103 Å². The Morgan fingerprint density at radius 3 is 1.90 bits per heavy atom. The molecule has 0 saturated carbocycles. The number of hydrogen-bond acceptors (Lipinski definition) is 4. The molecule has 0 unspecified atom stereocenters. The molecule has 5 heteroatoms. The van der Waals surface area contributed by atoms with E-state index in [-0.39, 0.29) is 0 Å². The van der Waals surface area contributed by atoms with Gasteiger partial charge in [-0.05, 0) is 35.0 Å². The number of benzene rings is 7. The number of nitrogens with zero attached hydrogens (tertiary/aromatic N) is 3. The van der Waals surface area contributed by atoms with Crippen molar-refractivity contribution in [3.63, 3.8) is 0 Å². The van der Waals surface area contributed by atoms with Gasteiger partial charge < -0.3 is 4.42 Å². The van der Waals surface area contributed by atoms with Crippen molar-refractivity contribution in [2.24, 2.45) is 0 Å². The third-order valence-electron chi connectivity index (χ3n) is 9.81. The van der Waals surface area contributed by atoms with E-state index in [9.17, 15) is 0 Å². The molecule has 4 aromatic heterocycles. The highest BCUT2D eigenvalue weighted by molar-refractivity contribution is 7.25. The second kappa shape index (κ2) is 10.1. The fourth-order valence-electron chi connectivity index (χ4n) is 7.67. The first-order valence-corrected chi connectivity index (χ1v) is 17.2. The van der Waals surface area contributed by atoms with E-state index < -0.39 is 0 Å². The van der Waals surface area contributed by atoms with Crippen molar-refractivity contribution in [1.82, 2.24) is 14.5 Å². The van der Waals surface area contributed by atoms with E-state index >= 15 is 0 Å². The number of para-hydroxylation sites is 2. The summed E-state index contributed by atoms with van der Waals surface area (Å²) in [5.41, 5.74) is 7.76. The van der Waals surface area contributed by atoms with Gasteiger partial charge in [0.15, 0.2) is 5.58 Å². The van der Waals surface area contributed by atoms with E-state index in [1.165, 1.54) is 26.2 Å². The van der Waals surface area contributed by atoms with Crippen molar-refractivity contribution in [2.75, 3.05) is 0 Å². The minimum atomic E-state index is 0.819. The molecular formula is C44H25N3OS. The Morgan fingerprint density at radius 2 is 1.10 bits per heavy atom. The SMILES string of the molecule is c1ccc(-n2c(-c3ccc(-c4nc5sc6ccccc6c5c5c4oc4ccccc45)cc3)nc3c4ccccc4c4ccccc4c32)cc1. The summed E-state index contributed by atoms with van der Waals surface area (Å²) in [6.07, 6.45) is 0. The highest BCUT2D eigenvalue weighted by atomic mass is 32.1. The lowest BCUT2D eigenvalue weighted by atomic mass is 10.00. The number of imidazole rings is 1. The van der Waals surface area contributed by atoms with Crippen LogP contribution in [0.5, 0.6) is 0 Å². The number of hydrogen-bond donors (Lipinski definition) is 0. The molecule has 0 aliphatic heterocycles. The first-order valence-electron chi connectivity index (χ1n) is 16.4. The lowest BCUT2D eigenvalue weighted by molar-refractivity contribution is 0.669. The normalized spacial score (nSPS) is 12.1. The molecule has 0 radical (unpaired) electrons. The standard InChI is InChI=1S/C44H25N3OS/c1-2-12-28(13-3-1)47-41-32-17-7-5-15-30(32)29-14-4-6-16-31(29)40(41)45-43(47)27-24-22-26(23-25-27)39-42-37(33-18-8-10-20-35(33)48-42)38-34-19-9-11-21-36(34)49-44(38)46-39/h1-25H. The summed E-state index contributed by atoms with van der Waals surface area (Å²) in [6, 6.07) is 53.4. The molecule has 7 aromatic carbocycles. The Morgan fingerprint density at radius 1 is 0.490 bits per heavy atom. The maximum atomic E-state index is 6.60. The molecule has 0 atom stereocenters. The van der Waals surface area contributed by atoms with Crippen molar-refractivity contribution in [3.05, 3.63) is 152 Å². The second-order valence-electron chi connectivity index (χ2n) is 12.5. The van der Waals surface area contributed by atoms with Crippen LogP contribution in [-0.4, -0.2) is 14.5 Å². The first kappa shape index (κ1) is 26.7. The van der Waals surface area contributed by atoms with Gasteiger partial charge in [-0.1, -0.05) is 127 Å². The molecule has 0 bridgehead atoms. The molecule has 0 amide bonds. The minimum absolute atomic E-state index is 0.819. The summed E-state index contributed by atoms with van der Waals surface area (Å²) in [6.45, 7) is 0. The zero-order valence-corrected chi connectivity index (χ0v) is 26.9. The van der Waals surface area contributed by atoms with Crippen LogP contribution in [0.15, 0.2) is 156 Å². The molecule has 0 fully saturated rings. The average molecular weight is 644 g/mol. The second-order valence-corrected chi connectivity index (χ2v) is 13.5. The van der Waals surface area contributed by atoms with Gasteiger partial charge in [0.2, 0.25) is 0 Å². The van der Waals surface area contributed by atoms with Gasteiger partial charge in [-0.15, -0.1) is 11.3 Å². The Hall–Kier alpha value is -6.30. The van der Waals surface area contributed by atoms with Gasteiger partial charge in [0.05, 0.1) is 11.0 Å². The summed E-state index contributed by atoms with van der Waals surface area (Å²) in [4.78, 5) is 11.7. The number of furan rings is 1. The number of pyridine rings is 1. The van der Waals surface area contributed by atoms with E-state index in [4.69, 9.17) is 14.4 Å². The van der Waals surface area contributed by atoms with E-state index in [1.54, 1.807) is 11.3 Å². The van der Waals surface area contributed by atoms with Crippen LogP contribution < -0.4 is 0 Å². The molecule has 11 aromatic rings. The molecule has 0 aliphatic rings. The largest absolute Gasteiger partial charge is 0.454 e. The molecule has 0 N–H and O–H groups in total. The highest BCUT2D eigenvalue weighted by Gasteiger charge is 2.23. The third kappa shape index (κ3) is 3.79. The van der Waals surface area contributed by atoms with Crippen LogP contribution in [0.1, 0.15) is 0 Å². The van der Waals surface area contributed by atoms with Crippen molar-refractivity contribution >= 4 is 86.2 Å². The summed E-state index contributed by atoms with van der Waals surface area (Å²) >= 11 is 1.73. The molecule has 0 aliphatic carbocycles. The van der Waals surface area contributed by atoms with E-state index in [0.717, 1.165) is 76.9 Å². The maximum Gasteiger partial charge on any atom is 0.162 e. The van der Waals surface area contributed by atoms with Gasteiger partial charge in [0.25, 0.3) is 0 Å². The molecule has 4 nitrogen and oxygen atoms in total. The van der Waals surface area contributed by atoms with Gasteiger partial charge in [-0.25, -0.2) is 9.97 Å². The van der Waals surface area contributed by atoms with Crippen molar-refractivity contribution in [2.45, 2.75) is 0 Å². The highest BCUT2D eigenvalue weighted by Crippen LogP contribution is 2.45. The minimum Gasteiger partial charge on any atom is -0.454 e. The number of rotatable bonds is 3. The fraction of sp³-hybridized carbons (Fsp3) is 0. The smallest absolute Gasteiger partial charge is 0.162 e. The summed E-state index contributed by atoms with van der Waals surface area (Å²) in [5, 5.41) is 9.39. The lowest BCUT2D eigenvalue weighted by Crippen LogP contribution is -1.98. The van der Waals surface area contributed by atoms with E-state index in [0.29, 0.717) is 0 Å². The van der Waals surface area contributed by atoms with E-state index in [2.05, 4.69) is 144 Å². The average Bonchev–Trinajstić information content (AvgIpc) is 3.87. The monoisotopic (exact) mass is 643 g/mol. The Kier molecular flexibility index (Phi) is 5.51. The summed E-state index contributed by atoms with van der Waals surface area (Å²) in [7, 11) is 0. The Labute approximate surface area is 284 Å². The van der Waals surface area contributed by atoms with Crippen LogP contribution >= 0.6 is 11.3 Å². The zero-order valence-electron chi connectivity index (χ0n) is 26.1. The molecule has 0 saturated heterocycles. The van der Waals surface area contributed by atoms with Crippen molar-refractivity contribution in [3.8, 4) is 28.3 Å². The maximum absolute atomic E-state index is 6.60. The molecular weight excluding hydrogens is 619 g/mol. The Bertz CT molecular complexity index is 3100. The third-order valence-corrected chi connectivity index (χ3v) is 10.9. The molecule has 228 valence electrons. The fourth-order valence-corrected chi connectivity index (χ4v) is 8.75. The van der Waals surface area contributed by atoms with Gasteiger partial charge in [-0.3, -0.25) is 4.57 Å². The van der Waals surface area contributed by atoms with Crippen LogP contribution in [0.4, 0.5) is 0 Å². The molecule has 0 spiro atoms. The van der Waals surface area contributed by atoms with Crippen molar-refractivity contribution < 1.29 is 4.42 Å². The van der Waals surface area contributed by atoms with Crippen molar-refractivity contribution in [1.29, 1.82) is 0 Å². The van der Waals surface area contributed by atoms with Crippen LogP contribution in [0.2, 0.25) is 0 Å². The quantitative estimate of drug-likeness (QED) is 0.180. The molecule has 4 heterocycles. The summed E-state index contributed by atoms with van der Waals surface area (Å²) in [5.74, 6) is 0.899. The topological polar surface area (TPSA) is 43.9 Å². The first-order chi connectivity index (χ1) is 24.3. The predicted octanol–water partition coefficient (Wildman–Crippen LogP) is 12.3. The van der Waals surface area contributed by atoms with Gasteiger partial charge >= 0.3 is 0 Å². The number of aromatic nitrogens is 3. The summed E-state index contributed by atoms with van der Waals surface area (Å²) < 4.78 is 10.1. The van der Waals surface area contributed by atoms with Crippen LogP contribution in [0.3, 0.4) is 0 Å². The zero-order chi connectivity index (χ0) is 32.1.